The maximum absolute atomic E-state index is 12.1. The number of hydrogen-bond acceptors (Lipinski definition) is 4. The number of carbonyl (C=O) groups excluding carboxylic acids is 1. The van der Waals surface area contributed by atoms with Crippen LogP contribution in [0.3, 0.4) is 0 Å². The molecule has 0 fully saturated rings. The summed E-state index contributed by atoms with van der Waals surface area (Å²) in [7, 11) is 0. The third-order valence-electron chi connectivity index (χ3n) is 3.90. The summed E-state index contributed by atoms with van der Waals surface area (Å²) in [5.74, 6) is 0.742. The third-order valence-corrected chi connectivity index (χ3v) is 3.90. The van der Waals surface area contributed by atoms with Gasteiger partial charge < -0.3 is 9.47 Å². The van der Waals surface area contributed by atoms with Crippen LogP contribution in [0.4, 0.5) is 0 Å². The molecule has 4 nitrogen and oxygen atoms in total. The first-order valence-electron chi connectivity index (χ1n) is 7.71. The molecule has 4 rings (SSSR count). The zero-order valence-corrected chi connectivity index (χ0v) is 13.2. The number of aliphatic imine (C=N–C) groups is 1. The van der Waals surface area contributed by atoms with Gasteiger partial charge in [0.05, 0.1) is 0 Å². The van der Waals surface area contributed by atoms with Crippen LogP contribution in [0.15, 0.2) is 70.9 Å². The van der Waals surface area contributed by atoms with Gasteiger partial charge in [0.25, 0.3) is 0 Å². The predicted molar refractivity (Wildman–Crippen MR) is 91.8 cm³/mol. The van der Waals surface area contributed by atoms with Crippen molar-refractivity contribution in [3.05, 3.63) is 82.6 Å². The summed E-state index contributed by atoms with van der Waals surface area (Å²) in [4.78, 5) is 16.4. The molecule has 0 aliphatic carbocycles. The Morgan fingerprint density at radius 2 is 1.88 bits per heavy atom. The van der Waals surface area contributed by atoms with Crippen molar-refractivity contribution < 1.29 is 14.3 Å². The molecule has 0 spiro atoms. The quantitative estimate of drug-likeness (QED) is 0.627. The molecule has 0 unspecified atom stereocenters. The summed E-state index contributed by atoms with van der Waals surface area (Å²) >= 11 is 0. The van der Waals surface area contributed by atoms with Crippen LogP contribution in [0.25, 0.3) is 6.08 Å². The third kappa shape index (κ3) is 2.74. The van der Waals surface area contributed by atoms with Crippen molar-refractivity contribution in [2.45, 2.75) is 6.92 Å². The Morgan fingerprint density at radius 1 is 1.08 bits per heavy atom. The number of benzene rings is 2. The van der Waals surface area contributed by atoms with Gasteiger partial charge in [-0.2, -0.15) is 0 Å². The molecular formula is C20H15NO3. The van der Waals surface area contributed by atoms with E-state index in [9.17, 15) is 4.79 Å². The smallest absolute Gasteiger partial charge is 0.363 e. The van der Waals surface area contributed by atoms with Crippen molar-refractivity contribution in [3.8, 4) is 5.75 Å². The Kier molecular flexibility index (Phi) is 3.50. The number of carbonyl (C=O) groups is 1. The van der Waals surface area contributed by atoms with E-state index in [4.69, 9.17) is 9.47 Å². The van der Waals surface area contributed by atoms with Gasteiger partial charge in [0.2, 0.25) is 5.90 Å². The maximum Gasteiger partial charge on any atom is 0.363 e. The maximum atomic E-state index is 12.1. The second-order valence-corrected chi connectivity index (χ2v) is 5.75. The van der Waals surface area contributed by atoms with Crippen molar-refractivity contribution in [1.29, 1.82) is 0 Å². The minimum atomic E-state index is -0.440. The van der Waals surface area contributed by atoms with Crippen molar-refractivity contribution in [2.24, 2.45) is 4.99 Å². The molecule has 0 aromatic heterocycles. The lowest BCUT2D eigenvalue weighted by molar-refractivity contribution is -0.130. The molecule has 2 aromatic carbocycles. The Hall–Kier alpha value is -3.14. The number of rotatable bonds is 2. The highest BCUT2D eigenvalue weighted by Gasteiger charge is 2.24. The number of hydrogen-bond donors (Lipinski definition) is 0. The summed E-state index contributed by atoms with van der Waals surface area (Å²) < 4.78 is 11.0. The lowest BCUT2D eigenvalue weighted by Gasteiger charge is -2.15. The number of cyclic esters (lactones) is 1. The SMILES string of the molecule is Cc1ccc(C2=N/C(=C/C3=Cc4ccccc4OC3)C(=O)O2)cc1. The lowest BCUT2D eigenvalue weighted by Crippen LogP contribution is -2.08. The zero-order valence-electron chi connectivity index (χ0n) is 13.2. The largest absolute Gasteiger partial charge is 0.488 e. The molecule has 0 bridgehead atoms. The van der Waals surface area contributed by atoms with Gasteiger partial charge >= 0.3 is 5.97 Å². The van der Waals surface area contributed by atoms with Gasteiger partial charge in [-0.1, -0.05) is 35.9 Å². The van der Waals surface area contributed by atoms with E-state index in [1.807, 2.05) is 61.5 Å². The number of esters is 1. The summed E-state index contributed by atoms with van der Waals surface area (Å²) in [6.07, 6.45) is 3.72. The van der Waals surface area contributed by atoms with Gasteiger partial charge in [0, 0.05) is 11.1 Å². The van der Waals surface area contributed by atoms with Gasteiger partial charge in [-0.3, -0.25) is 0 Å². The molecule has 2 aliphatic heterocycles. The lowest BCUT2D eigenvalue weighted by atomic mass is 10.1. The Morgan fingerprint density at radius 3 is 2.71 bits per heavy atom. The van der Waals surface area contributed by atoms with Crippen molar-refractivity contribution in [1.82, 2.24) is 0 Å². The predicted octanol–water partition coefficient (Wildman–Crippen LogP) is 3.66. The molecule has 0 N–H and O–H groups in total. The molecule has 4 heteroatoms. The molecule has 2 aliphatic rings. The molecule has 0 atom stereocenters. The first-order chi connectivity index (χ1) is 11.7. The van der Waals surface area contributed by atoms with Crippen molar-refractivity contribution >= 4 is 17.9 Å². The highest BCUT2D eigenvalue weighted by atomic mass is 16.6. The molecule has 2 aromatic rings. The van der Waals surface area contributed by atoms with Crippen LogP contribution in [-0.4, -0.2) is 18.5 Å². The molecule has 0 radical (unpaired) electrons. The van der Waals surface area contributed by atoms with Gasteiger partial charge in [0.1, 0.15) is 12.4 Å². The van der Waals surface area contributed by atoms with Crippen LogP contribution in [0.1, 0.15) is 16.7 Å². The second-order valence-electron chi connectivity index (χ2n) is 5.75. The van der Waals surface area contributed by atoms with Crippen molar-refractivity contribution in [3.63, 3.8) is 0 Å². The number of nitrogens with zero attached hydrogens (tertiary/aromatic N) is 1. The monoisotopic (exact) mass is 317 g/mol. The topological polar surface area (TPSA) is 47.9 Å². The fourth-order valence-electron chi connectivity index (χ4n) is 2.62. The van der Waals surface area contributed by atoms with Gasteiger partial charge in [-0.15, -0.1) is 0 Å². The number of fused-ring (bicyclic) bond motifs is 1. The summed E-state index contributed by atoms with van der Waals surface area (Å²) in [5.41, 5.74) is 4.10. The molecule has 0 saturated heterocycles. The molecular weight excluding hydrogens is 302 g/mol. The fraction of sp³-hybridized carbons (Fsp3) is 0.100. The minimum Gasteiger partial charge on any atom is -0.488 e. The van der Waals surface area contributed by atoms with Crippen LogP contribution >= 0.6 is 0 Å². The Labute approximate surface area is 139 Å². The van der Waals surface area contributed by atoms with Crippen LogP contribution in [0, 0.1) is 6.92 Å². The zero-order chi connectivity index (χ0) is 16.5. The Balaban J connectivity index is 1.64. The molecule has 24 heavy (non-hydrogen) atoms. The fourth-order valence-corrected chi connectivity index (χ4v) is 2.62. The normalized spacial score (nSPS) is 17.7. The van der Waals surface area contributed by atoms with E-state index in [2.05, 4.69) is 4.99 Å². The first kappa shape index (κ1) is 14.5. The van der Waals surface area contributed by atoms with E-state index >= 15 is 0 Å². The minimum absolute atomic E-state index is 0.291. The van der Waals surface area contributed by atoms with Gasteiger partial charge in [-0.05, 0) is 42.8 Å². The van der Waals surface area contributed by atoms with E-state index in [0.29, 0.717) is 18.2 Å². The van der Waals surface area contributed by atoms with E-state index < -0.39 is 5.97 Å². The average molecular weight is 317 g/mol. The van der Waals surface area contributed by atoms with Gasteiger partial charge in [-0.25, -0.2) is 9.79 Å². The molecule has 0 amide bonds. The van der Waals surface area contributed by atoms with Crippen LogP contribution in [-0.2, 0) is 9.53 Å². The van der Waals surface area contributed by atoms with Crippen LogP contribution in [0.5, 0.6) is 5.75 Å². The molecule has 118 valence electrons. The number of para-hydroxylation sites is 1. The molecule has 2 heterocycles. The number of aryl methyl sites for hydroxylation is 1. The van der Waals surface area contributed by atoms with E-state index in [1.165, 1.54) is 0 Å². The highest BCUT2D eigenvalue weighted by molar-refractivity contribution is 6.11. The molecule has 0 saturated carbocycles. The summed E-state index contributed by atoms with van der Waals surface area (Å²) in [6, 6.07) is 15.5. The summed E-state index contributed by atoms with van der Waals surface area (Å²) in [6.45, 7) is 2.41. The van der Waals surface area contributed by atoms with E-state index in [1.54, 1.807) is 6.08 Å². The van der Waals surface area contributed by atoms with Gasteiger partial charge in [0.15, 0.2) is 5.70 Å². The van der Waals surface area contributed by atoms with E-state index in [-0.39, 0.29) is 0 Å². The average Bonchev–Trinajstić information content (AvgIpc) is 2.96. The standard InChI is InChI=1S/C20H15NO3/c1-13-6-8-15(9-7-13)19-21-17(20(22)24-19)11-14-10-16-4-2-3-5-18(16)23-12-14/h2-11H,12H2,1H3/b17-11+. The van der Waals surface area contributed by atoms with Crippen molar-refractivity contribution in [2.75, 3.05) is 6.61 Å². The number of ether oxygens (including phenoxy) is 2. The highest BCUT2D eigenvalue weighted by Crippen LogP contribution is 2.27. The van der Waals surface area contributed by atoms with Crippen LogP contribution in [0.2, 0.25) is 0 Å². The van der Waals surface area contributed by atoms with E-state index in [0.717, 1.165) is 28.0 Å². The second kappa shape index (κ2) is 5.81. The van der Waals surface area contributed by atoms with Crippen LogP contribution < -0.4 is 4.74 Å². The Bertz CT molecular complexity index is 905. The first-order valence-corrected chi connectivity index (χ1v) is 7.71. The summed E-state index contributed by atoms with van der Waals surface area (Å²) in [5, 5.41) is 0.